The van der Waals surface area contributed by atoms with Gasteiger partial charge in [0.1, 0.15) is 11.9 Å². The van der Waals surface area contributed by atoms with Crippen LogP contribution in [0.3, 0.4) is 0 Å². The van der Waals surface area contributed by atoms with Gasteiger partial charge in [0.25, 0.3) is 0 Å². The van der Waals surface area contributed by atoms with Crippen LogP contribution < -0.4 is 10.6 Å². The number of benzene rings is 1. The van der Waals surface area contributed by atoms with E-state index in [0.717, 1.165) is 5.56 Å². The number of rotatable bonds is 3. The van der Waals surface area contributed by atoms with Gasteiger partial charge < -0.3 is 15.5 Å². The van der Waals surface area contributed by atoms with Crippen molar-refractivity contribution in [3.8, 4) is 11.4 Å². The van der Waals surface area contributed by atoms with Gasteiger partial charge in [-0.05, 0) is 25.7 Å². The van der Waals surface area contributed by atoms with Crippen molar-refractivity contribution in [1.29, 1.82) is 0 Å². The first-order chi connectivity index (χ1) is 17.0. The van der Waals surface area contributed by atoms with E-state index in [2.05, 4.69) is 10.6 Å². The quantitative estimate of drug-likeness (QED) is 0.678. The van der Waals surface area contributed by atoms with Gasteiger partial charge in [-0.3, -0.25) is 14.4 Å². The molecule has 0 saturated carbocycles. The fraction of sp³-hybridized carbons (Fsp3) is 0.593. The molecule has 196 valence electrons. The monoisotopic (exact) mass is 496 g/mol. The van der Waals surface area contributed by atoms with Gasteiger partial charge in [0, 0.05) is 30.5 Å². The van der Waals surface area contributed by atoms with Crippen LogP contribution in [0.1, 0.15) is 72.7 Å². The number of nitrogens with one attached hydrogen (secondary N) is 2. The van der Waals surface area contributed by atoms with E-state index in [9.17, 15) is 14.4 Å². The van der Waals surface area contributed by atoms with E-state index in [0.29, 0.717) is 44.1 Å². The molecule has 0 saturated heterocycles. The predicted molar refractivity (Wildman–Crippen MR) is 139 cm³/mol. The van der Waals surface area contributed by atoms with Crippen LogP contribution in [0.5, 0.6) is 0 Å². The Hall–Kier alpha value is -3.23. The van der Waals surface area contributed by atoms with Gasteiger partial charge in [-0.25, -0.2) is 9.67 Å². The van der Waals surface area contributed by atoms with Crippen molar-refractivity contribution >= 4 is 17.7 Å². The van der Waals surface area contributed by atoms with Crippen molar-refractivity contribution in [2.75, 3.05) is 13.1 Å². The van der Waals surface area contributed by atoms with E-state index in [1.165, 1.54) is 0 Å². The predicted octanol–water partition coefficient (Wildman–Crippen LogP) is 3.32. The van der Waals surface area contributed by atoms with Gasteiger partial charge in [0.05, 0.1) is 12.6 Å². The molecule has 0 unspecified atom stereocenters. The summed E-state index contributed by atoms with van der Waals surface area (Å²) in [6.45, 7) is 12.9. The van der Waals surface area contributed by atoms with Crippen molar-refractivity contribution in [3.05, 3.63) is 36.2 Å². The highest BCUT2D eigenvalue weighted by molar-refractivity contribution is 5.88. The minimum atomic E-state index is -0.639. The van der Waals surface area contributed by atoms with Crippen LogP contribution in [0.4, 0.5) is 0 Å². The molecule has 2 atom stereocenters. The fourth-order valence-corrected chi connectivity index (χ4v) is 4.33. The number of amides is 3. The van der Waals surface area contributed by atoms with Gasteiger partial charge in [-0.1, -0.05) is 65.0 Å². The summed E-state index contributed by atoms with van der Waals surface area (Å²) in [7, 11) is 0. The van der Waals surface area contributed by atoms with Crippen molar-refractivity contribution in [1.82, 2.24) is 30.3 Å². The van der Waals surface area contributed by atoms with E-state index in [4.69, 9.17) is 10.1 Å². The maximum atomic E-state index is 13.2. The fourth-order valence-electron chi connectivity index (χ4n) is 4.33. The number of carbonyl (C=O) groups excluding carboxylic acids is 3. The average molecular weight is 497 g/mol. The third kappa shape index (κ3) is 7.15. The summed E-state index contributed by atoms with van der Waals surface area (Å²) in [5.41, 5.74) is 0.332. The van der Waals surface area contributed by atoms with Crippen LogP contribution >= 0.6 is 0 Å². The molecule has 2 N–H and O–H groups in total. The van der Waals surface area contributed by atoms with E-state index >= 15 is 0 Å². The van der Waals surface area contributed by atoms with Gasteiger partial charge in [-0.2, -0.15) is 5.10 Å². The van der Waals surface area contributed by atoms with Crippen LogP contribution in [0.25, 0.3) is 11.4 Å². The molecule has 0 spiro atoms. The Morgan fingerprint density at radius 1 is 1.08 bits per heavy atom. The van der Waals surface area contributed by atoms with Gasteiger partial charge >= 0.3 is 0 Å². The standard InChI is InChI=1S/C27H40N6O3/c1-18(2)17-21-25(35)28-19(3)24-30-23(20-11-8-7-9-12-20)31-33(24)16-15-32(26(36)27(4,5)6)14-10-13-22(34)29-21/h7-9,11-12,18-19,21H,10,13-17H2,1-6H3,(H,28,35)(H,29,34)/t19-,21-/m1/s1. The SMILES string of the molecule is CC(C)C[C@H]1NC(=O)CCCN(C(=O)C(C)(C)C)CCn2nc(-c3ccccc3)nc2[C@@H](C)NC1=O. The second kappa shape index (κ2) is 11.7. The lowest BCUT2D eigenvalue weighted by molar-refractivity contribution is -0.140. The molecular weight excluding hydrogens is 456 g/mol. The lowest BCUT2D eigenvalue weighted by Crippen LogP contribution is -2.48. The molecule has 2 heterocycles. The molecule has 36 heavy (non-hydrogen) atoms. The summed E-state index contributed by atoms with van der Waals surface area (Å²) in [6, 6.07) is 8.60. The third-order valence-electron chi connectivity index (χ3n) is 6.18. The second-order valence-corrected chi connectivity index (χ2v) is 11.0. The van der Waals surface area contributed by atoms with Gasteiger partial charge in [0.15, 0.2) is 5.82 Å². The summed E-state index contributed by atoms with van der Waals surface area (Å²) < 4.78 is 1.79. The highest BCUT2D eigenvalue weighted by Gasteiger charge is 2.29. The van der Waals surface area contributed by atoms with Crippen molar-refractivity contribution < 1.29 is 14.4 Å². The highest BCUT2D eigenvalue weighted by Crippen LogP contribution is 2.21. The smallest absolute Gasteiger partial charge is 0.243 e. The Kier molecular flexibility index (Phi) is 8.87. The Bertz CT molecular complexity index is 1060. The molecule has 1 aromatic carbocycles. The zero-order valence-electron chi connectivity index (χ0n) is 22.4. The summed E-state index contributed by atoms with van der Waals surface area (Å²) in [6.07, 6.45) is 1.29. The number of carbonyl (C=O) groups is 3. The molecule has 1 aliphatic heterocycles. The molecule has 3 amide bonds. The van der Waals surface area contributed by atoms with E-state index in [-0.39, 0.29) is 30.1 Å². The first kappa shape index (κ1) is 27.4. The van der Waals surface area contributed by atoms with Gasteiger partial charge in [-0.15, -0.1) is 0 Å². The molecule has 0 bridgehead atoms. The number of nitrogens with zero attached hydrogens (tertiary/aromatic N) is 4. The minimum Gasteiger partial charge on any atom is -0.345 e. The van der Waals surface area contributed by atoms with Crippen molar-refractivity contribution in [2.45, 2.75) is 79.4 Å². The Balaban J connectivity index is 1.98. The Morgan fingerprint density at radius 3 is 2.42 bits per heavy atom. The first-order valence-corrected chi connectivity index (χ1v) is 12.8. The maximum Gasteiger partial charge on any atom is 0.243 e. The third-order valence-corrected chi connectivity index (χ3v) is 6.18. The highest BCUT2D eigenvalue weighted by atomic mass is 16.2. The number of fused-ring (bicyclic) bond motifs is 1. The molecule has 2 aromatic rings. The van der Waals surface area contributed by atoms with Crippen molar-refractivity contribution in [2.24, 2.45) is 11.3 Å². The first-order valence-electron chi connectivity index (χ1n) is 12.8. The Morgan fingerprint density at radius 2 is 1.78 bits per heavy atom. The van der Waals surface area contributed by atoms with Crippen LogP contribution in [0.2, 0.25) is 0 Å². The molecule has 0 radical (unpaired) electrons. The van der Waals surface area contributed by atoms with Crippen LogP contribution in [0.15, 0.2) is 30.3 Å². The lowest BCUT2D eigenvalue weighted by atomic mass is 9.94. The van der Waals surface area contributed by atoms with Crippen LogP contribution in [0, 0.1) is 11.3 Å². The van der Waals surface area contributed by atoms with Crippen LogP contribution in [-0.2, 0) is 20.9 Å². The second-order valence-electron chi connectivity index (χ2n) is 11.0. The molecule has 0 fully saturated rings. The van der Waals surface area contributed by atoms with E-state index < -0.39 is 17.5 Å². The molecule has 1 aromatic heterocycles. The number of aromatic nitrogens is 3. The molecule has 1 aliphatic rings. The summed E-state index contributed by atoms with van der Waals surface area (Å²) in [4.78, 5) is 45.6. The maximum absolute atomic E-state index is 13.2. The summed E-state index contributed by atoms with van der Waals surface area (Å²) >= 11 is 0. The molecule has 9 nitrogen and oxygen atoms in total. The van der Waals surface area contributed by atoms with E-state index in [1.807, 2.05) is 76.8 Å². The minimum absolute atomic E-state index is 0.0268. The topological polar surface area (TPSA) is 109 Å². The Labute approximate surface area is 214 Å². The number of hydrogen-bond acceptors (Lipinski definition) is 5. The molecule has 9 heteroatoms. The summed E-state index contributed by atoms with van der Waals surface area (Å²) in [5, 5.41) is 10.7. The molecule has 0 aliphatic carbocycles. The van der Waals surface area contributed by atoms with Crippen molar-refractivity contribution in [3.63, 3.8) is 0 Å². The van der Waals surface area contributed by atoms with Gasteiger partial charge in [0.2, 0.25) is 17.7 Å². The van der Waals surface area contributed by atoms with E-state index in [1.54, 1.807) is 4.68 Å². The number of hydrogen-bond donors (Lipinski definition) is 2. The molecular formula is C27H40N6O3. The lowest BCUT2D eigenvalue weighted by Gasteiger charge is -2.30. The van der Waals surface area contributed by atoms with Crippen LogP contribution in [-0.4, -0.2) is 56.5 Å². The largest absolute Gasteiger partial charge is 0.345 e. The zero-order chi connectivity index (χ0) is 26.5. The normalized spacial score (nSPS) is 20.4. The zero-order valence-corrected chi connectivity index (χ0v) is 22.4. The summed E-state index contributed by atoms with van der Waals surface area (Å²) in [5.74, 6) is 1.01. The molecule has 3 rings (SSSR count). The average Bonchev–Trinajstić information content (AvgIpc) is 3.24.